The van der Waals surface area contributed by atoms with Crippen LogP contribution in [0.1, 0.15) is 27.6 Å². The Balaban J connectivity index is 2.30. The molecule has 20 heavy (non-hydrogen) atoms. The smallest absolute Gasteiger partial charge is 0.259 e. The second-order valence-corrected chi connectivity index (χ2v) is 4.65. The minimum Gasteiger partial charge on any atom is -0.507 e. The van der Waals surface area contributed by atoms with Crippen LogP contribution in [-0.2, 0) is 0 Å². The lowest BCUT2D eigenvalue weighted by Crippen LogP contribution is -2.14. The molecule has 0 unspecified atom stereocenters. The third-order valence-corrected chi connectivity index (χ3v) is 2.99. The number of phenolic OH excluding ortho intramolecular Hbond substituents is 1. The van der Waals surface area contributed by atoms with Gasteiger partial charge in [0, 0.05) is 10.6 Å². The van der Waals surface area contributed by atoms with Gasteiger partial charge in [0.25, 0.3) is 5.91 Å². The number of aromatic hydroxyl groups is 1. The molecule has 0 spiro atoms. The summed E-state index contributed by atoms with van der Waals surface area (Å²) in [5.41, 5.74) is 0.904. The van der Waals surface area contributed by atoms with Crippen molar-refractivity contribution in [2.24, 2.45) is 0 Å². The molecule has 0 heterocycles. The molecule has 4 nitrogen and oxygen atoms in total. The number of carbonyl (C=O) groups is 2. The van der Waals surface area contributed by atoms with Crippen molar-refractivity contribution in [3.8, 4) is 5.75 Å². The highest BCUT2D eigenvalue weighted by Gasteiger charge is 2.14. The van der Waals surface area contributed by atoms with Crippen molar-refractivity contribution >= 4 is 29.0 Å². The van der Waals surface area contributed by atoms with Crippen molar-refractivity contribution in [3.05, 3.63) is 58.6 Å². The van der Waals surface area contributed by atoms with Crippen molar-refractivity contribution < 1.29 is 14.7 Å². The van der Waals surface area contributed by atoms with Crippen molar-refractivity contribution in [2.75, 3.05) is 5.32 Å². The Morgan fingerprint density at radius 3 is 2.45 bits per heavy atom. The number of anilines is 1. The van der Waals surface area contributed by atoms with Crippen LogP contribution >= 0.6 is 11.6 Å². The van der Waals surface area contributed by atoms with E-state index in [4.69, 9.17) is 11.6 Å². The molecule has 1 amide bonds. The van der Waals surface area contributed by atoms with E-state index in [-0.39, 0.29) is 17.1 Å². The van der Waals surface area contributed by atoms with E-state index in [0.717, 1.165) is 0 Å². The first-order valence-electron chi connectivity index (χ1n) is 5.89. The van der Waals surface area contributed by atoms with Crippen molar-refractivity contribution in [3.63, 3.8) is 0 Å². The van der Waals surface area contributed by atoms with Crippen LogP contribution < -0.4 is 5.32 Å². The summed E-state index contributed by atoms with van der Waals surface area (Å²) in [5, 5.41) is 12.6. The zero-order chi connectivity index (χ0) is 14.7. The summed E-state index contributed by atoms with van der Waals surface area (Å²) in [4.78, 5) is 23.6. The lowest BCUT2D eigenvalue weighted by atomic mass is 10.1. The molecule has 0 radical (unpaired) electrons. The molecule has 0 saturated carbocycles. The van der Waals surface area contributed by atoms with Crippen LogP contribution in [0.25, 0.3) is 0 Å². The fourth-order valence-electron chi connectivity index (χ4n) is 1.79. The number of nitrogens with one attached hydrogen (secondary N) is 1. The molecule has 0 saturated heterocycles. The first-order valence-corrected chi connectivity index (χ1v) is 6.26. The Morgan fingerprint density at radius 1 is 1.10 bits per heavy atom. The highest BCUT2D eigenvalue weighted by Crippen LogP contribution is 2.24. The van der Waals surface area contributed by atoms with Gasteiger partial charge in [0.2, 0.25) is 0 Å². The van der Waals surface area contributed by atoms with Gasteiger partial charge in [-0.05, 0) is 37.3 Å². The number of amides is 1. The number of phenols is 1. The quantitative estimate of drug-likeness (QED) is 0.850. The molecule has 5 heteroatoms. The van der Waals surface area contributed by atoms with Gasteiger partial charge in [-0.3, -0.25) is 9.59 Å². The first-order chi connectivity index (χ1) is 9.49. The van der Waals surface area contributed by atoms with Gasteiger partial charge < -0.3 is 10.4 Å². The first kappa shape index (κ1) is 14.1. The molecule has 2 aromatic rings. The molecule has 0 aromatic heterocycles. The van der Waals surface area contributed by atoms with Crippen molar-refractivity contribution in [1.82, 2.24) is 0 Å². The van der Waals surface area contributed by atoms with Gasteiger partial charge >= 0.3 is 0 Å². The van der Waals surface area contributed by atoms with Crippen LogP contribution in [-0.4, -0.2) is 16.8 Å². The summed E-state index contributed by atoms with van der Waals surface area (Å²) < 4.78 is 0. The molecule has 0 aliphatic rings. The van der Waals surface area contributed by atoms with Crippen molar-refractivity contribution in [2.45, 2.75) is 6.92 Å². The standard InChI is InChI=1S/C15H12ClNO3/c1-9(18)11-4-2-3-5-13(11)17-15(20)12-7-6-10(16)8-14(12)19/h2-8,19H,1H3,(H,17,20). The topological polar surface area (TPSA) is 66.4 Å². The van der Waals surface area contributed by atoms with E-state index < -0.39 is 5.91 Å². The van der Waals surface area contributed by atoms with Gasteiger partial charge in [0.1, 0.15) is 5.75 Å². The van der Waals surface area contributed by atoms with E-state index in [1.54, 1.807) is 24.3 Å². The minimum absolute atomic E-state index is 0.0905. The van der Waals surface area contributed by atoms with E-state index in [9.17, 15) is 14.7 Å². The highest BCUT2D eigenvalue weighted by molar-refractivity contribution is 6.31. The SMILES string of the molecule is CC(=O)c1ccccc1NC(=O)c1ccc(Cl)cc1O. The molecule has 0 fully saturated rings. The van der Waals surface area contributed by atoms with E-state index >= 15 is 0 Å². The van der Waals surface area contributed by atoms with E-state index in [0.29, 0.717) is 16.3 Å². The minimum atomic E-state index is -0.507. The number of rotatable bonds is 3. The molecule has 0 atom stereocenters. The van der Waals surface area contributed by atoms with Gasteiger partial charge in [-0.1, -0.05) is 23.7 Å². The summed E-state index contributed by atoms with van der Waals surface area (Å²) in [6, 6.07) is 10.9. The van der Waals surface area contributed by atoms with Crippen LogP contribution in [0.4, 0.5) is 5.69 Å². The van der Waals surface area contributed by atoms with Gasteiger partial charge in [0.15, 0.2) is 5.78 Å². The molecule has 0 bridgehead atoms. The van der Waals surface area contributed by atoms with Crippen molar-refractivity contribution in [1.29, 1.82) is 0 Å². The van der Waals surface area contributed by atoms with Crippen LogP contribution in [0.5, 0.6) is 5.75 Å². The molecule has 102 valence electrons. The summed E-state index contributed by atoms with van der Waals surface area (Å²) in [5.74, 6) is -0.871. The predicted octanol–water partition coefficient (Wildman–Crippen LogP) is 3.50. The van der Waals surface area contributed by atoms with E-state index in [1.807, 2.05) is 0 Å². The van der Waals surface area contributed by atoms with Crippen LogP contribution in [0, 0.1) is 0 Å². The summed E-state index contributed by atoms with van der Waals surface area (Å²) in [6.45, 7) is 1.42. The van der Waals surface area contributed by atoms with Gasteiger partial charge in [-0.25, -0.2) is 0 Å². The van der Waals surface area contributed by atoms with Crippen LogP contribution in [0.15, 0.2) is 42.5 Å². The number of ketones is 1. The number of carbonyl (C=O) groups excluding carboxylic acids is 2. The number of para-hydroxylation sites is 1. The third kappa shape index (κ3) is 2.97. The molecule has 0 aliphatic heterocycles. The molecular weight excluding hydrogens is 278 g/mol. The van der Waals surface area contributed by atoms with E-state index in [1.165, 1.54) is 25.1 Å². The second-order valence-electron chi connectivity index (χ2n) is 4.22. The Kier molecular flexibility index (Phi) is 4.05. The molecule has 2 N–H and O–H groups in total. The zero-order valence-electron chi connectivity index (χ0n) is 10.7. The average Bonchev–Trinajstić information content (AvgIpc) is 2.38. The Hall–Kier alpha value is -2.33. The maximum absolute atomic E-state index is 12.1. The number of Topliss-reactive ketones (excluding diaryl/α,β-unsaturated/α-hetero) is 1. The number of hydrogen-bond acceptors (Lipinski definition) is 3. The fourth-order valence-corrected chi connectivity index (χ4v) is 1.95. The van der Waals surface area contributed by atoms with Crippen LogP contribution in [0.2, 0.25) is 5.02 Å². The molecular formula is C15H12ClNO3. The highest BCUT2D eigenvalue weighted by atomic mass is 35.5. The van der Waals surface area contributed by atoms with Gasteiger partial charge in [-0.15, -0.1) is 0 Å². The number of halogens is 1. The van der Waals surface area contributed by atoms with Crippen LogP contribution in [0.3, 0.4) is 0 Å². The monoisotopic (exact) mass is 289 g/mol. The Labute approximate surface area is 121 Å². The summed E-state index contributed by atoms with van der Waals surface area (Å²) in [6.07, 6.45) is 0. The Morgan fingerprint density at radius 2 is 1.80 bits per heavy atom. The molecule has 2 rings (SSSR count). The normalized spacial score (nSPS) is 10.1. The second kappa shape index (κ2) is 5.75. The van der Waals surface area contributed by atoms with E-state index in [2.05, 4.69) is 5.32 Å². The Bertz CT molecular complexity index is 683. The maximum Gasteiger partial charge on any atom is 0.259 e. The largest absolute Gasteiger partial charge is 0.507 e. The number of hydrogen-bond donors (Lipinski definition) is 2. The lowest BCUT2D eigenvalue weighted by Gasteiger charge is -2.10. The van der Waals surface area contributed by atoms with Gasteiger partial charge in [0.05, 0.1) is 11.3 Å². The third-order valence-electron chi connectivity index (χ3n) is 2.76. The average molecular weight is 290 g/mol. The van der Waals surface area contributed by atoms with Gasteiger partial charge in [-0.2, -0.15) is 0 Å². The lowest BCUT2D eigenvalue weighted by molar-refractivity contribution is 0.101. The predicted molar refractivity (Wildman–Crippen MR) is 77.5 cm³/mol. The zero-order valence-corrected chi connectivity index (χ0v) is 11.4. The fraction of sp³-hybridized carbons (Fsp3) is 0.0667. The summed E-state index contributed by atoms with van der Waals surface area (Å²) in [7, 11) is 0. The maximum atomic E-state index is 12.1. The molecule has 2 aromatic carbocycles. The number of benzene rings is 2. The molecule has 0 aliphatic carbocycles. The summed E-state index contributed by atoms with van der Waals surface area (Å²) >= 11 is 5.71.